The second-order valence-electron chi connectivity index (χ2n) is 3.71. The van der Waals surface area contributed by atoms with Crippen LogP contribution in [0, 0.1) is 0 Å². The van der Waals surface area contributed by atoms with E-state index in [2.05, 4.69) is 4.72 Å². The highest BCUT2D eigenvalue weighted by Gasteiger charge is 2.24. The minimum atomic E-state index is -3.99. The number of ether oxygens (including phenoxy) is 1. The van der Waals surface area contributed by atoms with Gasteiger partial charge in [-0.15, -0.1) is 0 Å². The van der Waals surface area contributed by atoms with Gasteiger partial charge in [0.2, 0.25) is 10.9 Å². The predicted octanol–water partition coefficient (Wildman–Crippen LogP) is -0.347. The van der Waals surface area contributed by atoms with Crippen LogP contribution in [0.4, 0.5) is 0 Å². The average molecular weight is 293 g/mol. The summed E-state index contributed by atoms with van der Waals surface area (Å²) in [7, 11) is -2.59. The van der Waals surface area contributed by atoms with Gasteiger partial charge < -0.3 is 19.4 Å². The lowest BCUT2D eigenvalue weighted by molar-refractivity contribution is 0.0656. The Balaban J connectivity index is 2.86. The molecule has 1 atom stereocenters. The number of furan rings is 1. The quantitative estimate of drug-likeness (QED) is 0.598. The van der Waals surface area contributed by atoms with Crippen LogP contribution in [0.1, 0.15) is 17.0 Å². The van der Waals surface area contributed by atoms with Crippen molar-refractivity contribution in [3.63, 3.8) is 0 Å². The van der Waals surface area contributed by atoms with Crippen molar-refractivity contribution in [2.75, 3.05) is 20.3 Å². The Kier molecular flexibility index (Phi) is 5.48. The van der Waals surface area contributed by atoms with Crippen LogP contribution in [0.15, 0.2) is 21.6 Å². The third kappa shape index (κ3) is 4.31. The molecule has 9 heteroatoms. The average Bonchev–Trinajstić information content (AvgIpc) is 2.79. The number of aliphatic hydroxyl groups is 1. The number of methoxy groups -OCH3 is 1. The summed E-state index contributed by atoms with van der Waals surface area (Å²) in [6.45, 7) is -0.138. The summed E-state index contributed by atoms with van der Waals surface area (Å²) in [5.41, 5.74) is 0. The second-order valence-corrected chi connectivity index (χ2v) is 5.35. The monoisotopic (exact) mass is 293 g/mol. The molecule has 0 aliphatic heterocycles. The fourth-order valence-electron chi connectivity index (χ4n) is 1.39. The lowest BCUT2D eigenvalue weighted by Crippen LogP contribution is -2.38. The highest BCUT2D eigenvalue weighted by molar-refractivity contribution is 7.89. The molecule has 1 aromatic rings. The van der Waals surface area contributed by atoms with E-state index in [1.807, 2.05) is 0 Å². The van der Waals surface area contributed by atoms with E-state index in [1.54, 1.807) is 0 Å². The van der Waals surface area contributed by atoms with Crippen LogP contribution in [-0.2, 0) is 14.8 Å². The van der Waals surface area contributed by atoms with E-state index in [0.717, 1.165) is 12.1 Å². The highest BCUT2D eigenvalue weighted by Crippen LogP contribution is 2.14. The maximum Gasteiger partial charge on any atom is 0.371 e. The Bertz CT molecular complexity index is 516. The molecule has 1 aromatic heterocycles. The molecule has 0 saturated carbocycles. The zero-order valence-electron chi connectivity index (χ0n) is 10.2. The predicted molar refractivity (Wildman–Crippen MR) is 63.4 cm³/mol. The van der Waals surface area contributed by atoms with E-state index >= 15 is 0 Å². The fourth-order valence-corrected chi connectivity index (χ4v) is 2.58. The van der Waals surface area contributed by atoms with E-state index in [9.17, 15) is 13.2 Å². The van der Waals surface area contributed by atoms with E-state index in [1.165, 1.54) is 7.11 Å². The molecule has 0 radical (unpaired) electrons. The number of hydrogen-bond donors (Lipinski definition) is 3. The Morgan fingerprint density at radius 3 is 2.68 bits per heavy atom. The summed E-state index contributed by atoms with van der Waals surface area (Å²) in [5.74, 6) is -1.82. The van der Waals surface area contributed by atoms with Crippen molar-refractivity contribution in [3.8, 4) is 0 Å². The molecule has 0 fully saturated rings. The summed E-state index contributed by atoms with van der Waals surface area (Å²) < 4.78 is 35.6. The number of aromatic carboxylic acids is 1. The Morgan fingerprint density at radius 1 is 1.53 bits per heavy atom. The molecular weight excluding hydrogens is 278 g/mol. The summed E-state index contributed by atoms with van der Waals surface area (Å²) in [6, 6.07) is 1.47. The minimum Gasteiger partial charge on any atom is -0.475 e. The standard InChI is InChI=1S/C10H15NO7S/c1-17-6-7(4-5-12)11-19(15,16)9-3-2-8(18-9)10(13)14/h2-3,7,11-12H,4-6H2,1H3,(H,13,14). The lowest BCUT2D eigenvalue weighted by atomic mass is 10.2. The van der Waals surface area contributed by atoms with Gasteiger partial charge in [0.1, 0.15) is 0 Å². The zero-order chi connectivity index (χ0) is 14.5. The minimum absolute atomic E-state index is 0.0757. The zero-order valence-corrected chi connectivity index (χ0v) is 11.0. The maximum absolute atomic E-state index is 11.9. The molecule has 0 amide bonds. The van der Waals surface area contributed by atoms with Gasteiger partial charge in [-0.25, -0.2) is 17.9 Å². The first-order valence-electron chi connectivity index (χ1n) is 5.36. The number of carbonyl (C=O) groups is 1. The van der Waals surface area contributed by atoms with Crippen molar-refractivity contribution in [3.05, 3.63) is 17.9 Å². The van der Waals surface area contributed by atoms with Crippen molar-refractivity contribution in [1.82, 2.24) is 4.72 Å². The van der Waals surface area contributed by atoms with Crippen LogP contribution >= 0.6 is 0 Å². The van der Waals surface area contributed by atoms with Crippen molar-refractivity contribution >= 4 is 16.0 Å². The van der Waals surface area contributed by atoms with Gasteiger partial charge >= 0.3 is 5.97 Å². The first-order chi connectivity index (χ1) is 8.90. The first kappa shape index (κ1) is 15.6. The number of sulfonamides is 1. The smallest absolute Gasteiger partial charge is 0.371 e. The van der Waals surface area contributed by atoms with E-state index in [4.69, 9.17) is 19.4 Å². The highest BCUT2D eigenvalue weighted by atomic mass is 32.2. The molecule has 0 saturated heterocycles. The van der Waals surface area contributed by atoms with Crippen molar-refractivity contribution < 1.29 is 32.6 Å². The molecule has 3 N–H and O–H groups in total. The summed E-state index contributed by atoms with van der Waals surface area (Å²) in [4.78, 5) is 10.6. The van der Waals surface area contributed by atoms with E-state index < -0.39 is 32.9 Å². The molecule has 1 heterocycles. The van der Waals surface area contributed by atoms with E-state index in [0.29, 0.717) is 0 Å². The lowest BCUT2D eigenvalue weighted by Gasteiger charge is -2.15. The van der Waals surface area contributed by atoms with E-state index in [-0.39, 0.29) is 19.6 Å². The molecule has 0 bridgehead atoms. The van der Waals surface area contributed by atoms with Crippen LogP contribution in [-0.4, -0.2) is 51.0 Å². The van der Waals surface area contributed by atoms with Gasteiger partial charge in [0, 0.05) is 19.8 Å². The molecule has 0 aliphatic rings. The van der Waals surface area contributed by atoms with Gasteiger partial charge in [-0.1, -0.05) is 0 Å². The van der Waals surface area contributed by atoms with Gasteiger partial charge in [-0.3, -0.25) is 0 Å². The molecule has 0 aromatic carbocycles. The maximum atomic E-state index is 11.9. The van der Waals surface area contributed by atoms with Crippen molar-refractivity contribution in [1.29, 1.82) is 0 Å². The third-order valence-corrected chi connectivity index (χ3v) is 3.62. The molecule has 0 spiro atoms. The number of nitrogens with one attached hydrogen (secondary N) is 1. The number of hydrogen-bond acceptors (Lipinski definition) is 6. The molecule has 1 rings (SSSR count). The Morgan fingerprint density at radius 2 is 2.21 bits per heavy atom. The number of carboxylic acids is 1. The van der Waals surface area contributed by atoms with Crippen LogP contribution in [0.5, 0.6) is 0 Å². The van der Waals surface area contributed by atoms with Gasteiger partial charge in [-0.05, 0) is 18.6 Å². The number of carboxylic acid groups (broad SMARTS) is 1. The van der Waals surface area contributed by atoms with Gasteiger partial charge in [0.15, 0.2) is 0 Å². The molecule has 19 heavy (non-hydrogen) atoms. The van der Waals surface area contributed by atoms with Crippen LogP contribution < -0.4 is 4.72 Å². The summed E-state index contributed by atoms with van der Waals surface area (Å²) in [6.07, 6.45) is 0.166. The summed E-state index contributed by atoms with van der Waals surface area (Å²) in [5, 5.41) is 17.0. The number of rotatable bonds is 8. The number of aliphatic hydroxyl groups excluding tert-OH is 1. The van der Waals surface area contributed by atoms with Gasteiger partial charge in [-0.2, -0.15) is 0 Å². The molecule has 108 valence electrons. The normalized spacial score (nSPS) is 13.4. The SMILES string of the molecule is COCC(CCO)NS(=O)(=O)c1ccc(C(=O)O)o1. The van der Waals surface area contributed by atoms with Crippen LogP contribution in [0.25, 0.3) is 0 Å². The van der Waals surface area contributed by atoms with Crippen molar-refractivity contribution in [2.45, 2.75) is 17.6 Å². The first-order valence-corrected chi connectivity index (χ1v) is 6.84. The Hall–Kier alpha value is -1.42. The van der Waals surface area contributed by atoms with Gasteiger partial charge in [0.25, 0.3) is 10.0 Å². The molecule has 0 aliphatic carbocycles. The van der Waals surface area contributed by atoms with Crippen LogP contribution in [0.2, 0.25) is 0 Å². The van der Waals surface area contributed by atoms with Crippen molar-refractivity contribution in [2.24, 2.45) is 0 Å². The third-order valence-electron chi connectivity index (χ3n) is 2.22. The molecular formula is C10H15NO7S. The Labute approximate surface area is 110 Å². The van der Waals surface area contributed by atoms with Gasteiger partial charge in [0.05, 0.1) is 6.61 Å². The topological polar surface area (TPSA) is 126 Å². The van der Waals surface area contributed by atoms with Crippen LogP contribution in [0.3, 0.4) is 0 Å². The summed E-state index contributed by atoms with van der Waals surface area (Å²) >= 11 is 0. The molecule has 8 nitrogen and oxygen atoms in total. The largest absolute Gasteiger partial charge is 0.475 e. The molecule has 1 unspecified atom stereocenters. The fraction of sp³-hybridized carbons (Fsp3) is 0.500. The second kappa shape index (κ2) is 6.66.